The zero-order valence-corrected chi connectivity index (χ0v) is 17.6. The van der Waals surface area contributed by atoms with Crippen molar-refractivity contribution in [1.29, 1.82) is 0 Å². The van der Waals surface area contributed by atoms with Crippen molar-refractivity contribution in [3.8, 4) is 5.75 Å². The van der Waals surface area contributed by atoms with Gasteiger partial charge < -0.3 is 4.74 Å². The summed E-state index contributed by atoms with van der Waals surface area (Å²) in [7, 11) is -4.45. The third-order valence-electron chi connectivity index (χ3n) is 5.01. The van der Waals surface area contributed by atoms with E-state index >= 15 is 0 Å². The van der Waals surface area contributed by atoms with Gasteiger partial charge in [0.15, 0.2) is 11.8 Å². The lowest BCUT2D eigenvalue weighted by Gasteiger charge is -2.23. The van der Waals surface area contributed by atoms with Gasteiger partial charge in [0.25, 0.3) is 0 Å². The molecule has 3 rings (SSSR count). The van der Waals surface area contributed by atoms with Crippen LogP contribution in [-0.2, 0) is 16.4 Å². The third kappa shape index (κ3) is 4.52. The smallest absolute Gasteiger partial charge is 0.408 e. The van der Waals surface area contributed by atoms with Gasteiger partial charge in [0, 0.05) is 17.5 Å². The molecule has 2 aromatic rings. The number of Topliss-reactive ketones (excluding diaryl/α,β-unsaturated/α-hetero) is 1. The van der Waals surface area contributed by atoms with Gasteiger partial charge in [-0.2, -0.15) is 17.9 Å². The van der Waals surface area contributed by atoms with Crippen LogP contribution < -0.4 is 9.46 Å². The van der Waals surface area contributed by atoms with Gasteiger partial charge in [0.2, 0.25) is 10.0 Å². The van der Waals surface area contributed by atoms with Gasteiger partial charge in [-0.1, -0.05) is 29.8 Å². The normalized spacial score (nSPS) is 15.2. The molecule has 0 aromatic heterocycles. The number of sulfonamides is 1. The Bertz CT molecular complexity index is 1070. The number of ether oxygens (including phenoxy) is 1. The summed E-state index contributed by atoms with van der Waals surface area (Å²) >= 11 is 0. The molecule has 5 nitrogen and oxygen atoms in total. The van der Waals surface area contributed by atoms with E-state index in [-0.39, 0.29) is 22.8 Å². The monoisotopic (exact) mass is 441 g/mol. The first-order valence-corrected chi connectivity index (χ1v) is 10.8. The number of fused-ring (bicyclic) bond motifs is 1. The van der Waals surface area contributed by atoms with Crippen molar-refractivity contribution in [2.45, 2.75) is 50.7 Å². The number of benzene rings is 2. The Hall–Kier alpha value is -2.39. The number of carbonyl (C=O) groups excluding carboxylic acids is 1. The second-order valence-corrected chi connectivity index (χ2v) is 9.11. The molecule has 9 heteroatoms. The molecular formula is C21H22F3NO4S. The Morgan fingerprint density at radius 3 is 2.33 bits per heavy atom. The summed E-state index contributed by atoms with van der Waals surface area (Å²) in [6.07, 6.45) is -4.21. The maximum Gasteiger partial charge on any atom is 0.408 e. The number of alkyl halides is 3. The minimum Gasteiger partial charge on any atom is -0.491 e. The summed E-state index contributed by atoms with van der Waals surface area (Å²) in [5, 5.41) is 0. The summed E-state index contributed by atoms with van der Waals surface area (Å²) in [6.45, 7) is 3.91. The molecule has 2 aromatic carbocycles. The second kappa shape index (κ2) is 8.03. The number of rotatable bonds is 6. The van der Waals surface area contributed by atoms with Crippen LogP contribution in [0.15, 0.2) is 35.2 Å². The SMILES string of the molecule is Cc1cc(C)c(S(=O)(=O)NC(COc2cccc3c2CCC3=O)C(F)(F)F)c(C)c1. The summed E-state index contributed by atoms with van der Waals surface area (Å²) < 4.78 is 73.5. The number of halogens is 3. The first kappa shape index (κ1) is 22.3. The number of ketones is 1. The summed E-state index contributed by atoms with van der Waals surface area (Å²) in [6, 6.07) is 5.37. The molecule has 0 amide bonds. The average molecular weight is 441 g/mol. The molecule has 0 saturated carbocycles. The van der Waals surface area contributed by atoms with E-state index in [9.17, 15) is 26.4 Å². The molecule has 1 aliphatic carbocycles. The minimum atomic E-state index is -4.87. The van der Waals surface area contributed by atoms with Crippen molar-refractivity contribution >= 4 is 15.8 Å². The largest absolute Gasteiger partial charge is 0.491 e. The molecular weight excluding hydrogens is 419 g/mol. The van der Waals surface area contributed by atoms with E-state index in [2.05, 4.69) is 0 Å². The average Bonchev–Trinajstić information content (AvgIpc) is 2.98. The van der Waals surface area contributed by atoms with E-state index in [0.717, 1.165) is 5.56 Å². The predicted molar refractivity (Wildman–Crippen MR) is 105 cm³/mol. The Labute approximate surface area is 173 Å². The van der Waals surface area contributed by atoms with E-state index < -0.39 is 28.8 Å². The van der Waals surface area contributed by atoms with Crippen LogP contribution in [0.5, 0.6) is 5.75 Å². The summed E-state index contributed by atoms with van der Waals surface area (Å²) in [5.41, 5.74) is 2.52. The highest BCUT2D eigenvalue weighted by atomic mass is 32.2. The molecule has 0 bridgehead atoms. The maximum atomic E-state index is 13.6. The summed E-state index contributed by atoms with van der Waals surface area (Å²) in [5.74, 6) is 0.0725. The molecule has 1 unspecified atom stereocenters. The van der Waals surface area contributed by atoms with Crippen molar-refractivity contribution in [3.05, 3.63) is 58.1 Å². The van der Waals surface area contributed by atoms with Crippen molar-refractivity contribution in [2.75, 3.05) is 6.61 Å². The molecule has 1 atom stereocenters. The van der Waals surface area contributed by atoms with E-state index in [4.69, 9.17) is 4.74 Å². The molecule has 0 saturated heterocycles. The first-order chi connectivity index (χ1) is 13.9. The van der Waals surface area contributed by atoms with Crippen molar-refractivity contribution in [2.24, 2.45) is 0 Å². The van der Waals surface area contributed by atoms with E-state index in [1.165, 1.54) is 26.0 Å². The van der Waals surface area contributed by atoms with Crippen LogP contribution in [0.25, 0.3) is 0 Å². The zero-order valence-electron chi connectivity index (χ0n) is 16.8. The quantitative estimate of drug-likeness (QED) is 0.735. The van der Waals surface area contributed by atoms with Crippen LogP contribution >= 0.6 is 0 Å². The van der Waals surface area contributed by atoms with Crippen LogP contribution in [0.3, 0.4) is 0 Å². The Kier molecular flexibility index (Phi) is 5.97. The Morgan fingerprint density at radius 2 is 1.73 bits per heavy atom. The van der Waals surface area contributed by atoms with E-state index in [0.29, 0.717) is 28.7 Å². The highest BCUT2D eigenvalue weighted by Gasteiger charge is 2.43. The van der Waals surface area contributed by atoms with Crippen LogP contribution in [0.2, 0.25) is 0 Å². The van der Waals surface area contributed by atoms with Gasteiger partial charge in [-0.05, 0) is 44.4 Å². The van der Waals surface area contributed by atoms with Gasteiger partial charge in [0.05, 0.1) is 4.90 Å². The molecule has 1 N–H and O–H groups in total. The van der Waals surface area contributed by atoms with Gasteiger partial charge in [-0.3, -0.25) is 4.79 Å². The number of hydrogen-bond acceptors (Lipinski definition) is 4. The van der Waals surface area contributed by atoms with Crippen LogP contribution in [0, 0.1) is 20.8 Å². The van der Waals surface area contributed by atoms with Gasteiger partial charge >= 0.3 is 6.18 Å². The lowest BCUT2D eigenvalue weighted by Crippen LogP contribution is -2.49. The predicted octanol–water partition coefficient (Wildman–Crippen LogP) is 4.03. The lowest BCUT2D eigenvalue weighted by molar-refractivity contribution is -0.157. The second-order valence-electron chi connectivity index (χ2n) is 7.46. The maximum absolute atomic E-state index is 13.6. The topological polar surface area (TPSA) is 72.5 Å². The van der Waals surface area contributed by atoms with Crippen LogP contribution in [0.4, 0.5) is 13.2 Å². The highest BCUT2D eigenvalue weighted by Crippen LogP contribution is 2.32. The number of hydrogen-bond donors (Lipinski definition) is 1. The molecule has 0 heterocycles. The fourth-order valence-corrected chi connectivity index (χ4v) is 5.46. The Morgan fingerprint density at radius 1 is 1.10 bits per heavy atom. The first-order valence-electron chi connectivity index (χ1n) is 9.35. The molecule has 0 aliphatic heterocycles. The Balaban J connectivity index is 1.86. The fraction of sp³-hybridized carbons (Fsp3) is 0.381. The number of aryl methyl sites for hydroxylation is 3. The molecule has 0 radical (unpaired) electrons. The number of carbonyl (C=O) groups is 1. The highest BCUT2D eigenvalue weighted by molar-refractivity contribution is 7.89. The standard InChI is InChI=1S/C21H22F3NO4S/c1-12-9-13(2)20(14(3)10-12)30(27,28)25-19(21(22,23)24)11-29-18-6-4-5-15-16(18)7-8-17(15)26/h4-6,9-10,19,25H,7-8,11H2,1-3H3. The number of nitrogens with one attached hydrogen (secondary N) is 1. The zero-order chi connectivity index (χ0) is 22.3. The van der Waals surface area contributed by atoms with Crippen molar-refractivity contribution < 1.29 is 31.1 Å². The van der Waals surface area contributed by atoms with E-state index in [1.807, 2.05) is 0 Å². The minimum absolute atomic E-state index is 0.0890. The van der Waals surface area contributed by atoms with Crippen LogP contribution in [0.1, 0.15) is 39.0 Å². The lowest BCUT2D eigenvalue weighted by atomic mass is 10.1. The van der Waals surface area contributed by atoms with Gasteiger partial charge in [-0.25, -0.2) is 8.42 Å². The molecule has 1 aliphatic rings. The molecule has 30 heavy (non-hydrogen) atoms. The third-order valence-corrected chi connectivity index (χ3v) is 6.78. The molecule has 0 fully saturated rings. The van der Waals surface area contributed by atoms with E-state index in [1.54, 1.807) is 29.8 Å². The van der Waals surface area contributed by atoms with Crippen molar-refractivity contribution in [1.82, 2.24) is 4.72 Å². The fourth-order valence-electron chi connectivity index (χ4n) is 3.80. The van der Waals surface area contributed by atoms with Crippen molar-refractivity contribution in [3.63, 3.8) is 0 Å². The van der Waals surface area contributed by atoms with Gasteiger partial charge in [-0.15, -0.1) is 0 Å². The van der Waals surface area contributed by atoms with Gasteiger partial charge in [0.1, 0.15) is 12.4 Å². The molecule has 0 spiro atoms. The molecule has 162 valence electrons. The van der Waals surface area contributed by atoms with Crippen LogP contribution in [-0.4, -0.2) is 33.0 Å². The summed E-state index contributed by atoms with van der Waals surface area (Å²) in [4.78, 5) is 11.6.